The largest absolute Gasteiger partial charge is 0.488 e. The van der Waals surface area contributed by atoms with Gasteiger partial charge in [-0.3, -0.25) is 0 Å². The molecule has 4 rings (SSSR count). The summed E-state index contributed by atoms with van der Waals surface area (Å²) in [7, 11) is 0. The third-order valence-corrected chi connectivity index (χ3v) is 5.02. The van der Waals surface area contributed by atoms with Gasteiger partial charge in [-0.05, 0) is 31.5 Å². The number of aryl methyl sites for hydroxylation is 2. The summed E-state index contributed by atoms with van der Waals surface area (Å²) in [5.41, 5.74) is 4.40. The van der Waals surface area contributed by atoms with Crippen molar-refractivity contribution in [1.29, 1.82) is 0 Å². The van der Waals surface area contributed by atoms with Crippen LogP contribution in [0, 0.1) is 13.8 Å². The summed E-state index contributed by atoms with van der Waals surface area (Å²) in [6.07, 6.45) is 0. The predicted molar refractivity (Wildman–Crippen MR) is 108 cm³/mol. The molecule has 0 saturated carbocycles. The van der Waals surface area contributed by atoms with Gasteiger partial charge in [-0.25, -0.2) is 4.79 Å². The van der Waals surface area contributed by atoms with E-state index in [9.17, 15) is 4.79 Å². The number of ether oxygens (including phenoxy) is 1. The summed E-state index contributed by atoms with van der Waals surface area (Å²) in [4.78, 5) is 14.4. The van der Waals surface area contributed by atoms with E-state index in [4.69, 9.17) is 9.15 Å². The van der Waals surface area contributed by atoms with Gasteiger partial charge in [0.15, 0.2) is 0 Å². The first-order valence-electron chi connectivity index (χ1n) is 9.33. The van der Waals surface area contributed by atoms with Crippen molar-refractivity contribution in [3.05, 3.63) is 69.6 Å². The van der Waals surface area contributed by atoms with Crippen LogP contribution >= 0.6 is 0 Å². The number of anilines is 1. The van der Waals surface area contributed by atoms with E-state index in [1.54, 1.807) is 6.07 Å². The van der Waals surface area contributed by atoms with Crippen LogP contribution in [-0.4, -0.2) is 26.2 Å². The normalized spacial score (nSPS) is 14.5. The Labute approximate surface area is 158 Å². The maximum atomic E-state index is 12.2. The SMILES string of the molecule is Cc1cccc(COc2ccc3c(N4CCNCC4)cc(=O)oc3c2C)c1. The van der Waals surface area contributed by atoms with Crippen LogP contribution in [0.15, 0.2) is 51.7 Å². The minimum Gasteiger partial charge on any atom is -0.488 e. The summed E-state index contributed by atoms with van der Waals surface area (Å²) >= 11 is 0. The van der Waals surface area contributed by atoms with E-state index in [1.807, 2.05) is 31.2 Å². The Morgan fingerprint density at radius 3 is 2.70 bits per heavy atom. The van der Waals surface area contributed by atoms with Crippen molar-refractivity contribution in [1.82, 2.24) is 5.32 Å². The Hall–Kier alpha value is -2.79. The average molecular weight is 364 g/mol. The second-order valence-electron chi connectivity index (χ2n) is 7.03. The third kappa shape index (κ3) is 3.69. The number of benzene rings is 2. The van der Waals surface area contributed by atoms with Gasteiger partial charge in [0.1, 0.15) is 17.9 Å². The summed E-state index contributed by atoms with van der Waals surface area (Å²) < 4.78 is 11.6. The number of fused-ring (bicyclic) bond motifs is 1. The Morgan fingerprint density at radius 2 is 1.93 bits per heavy atom. The van der Waals surface area contributed by atoms with Crippen LogP contribution in [0.1, 0.15) is 16.7 Å². The highest BCUT2D eigenvalue weighted by molar-refractivity contribution is 5.93. The molecule has 0 aliphatic carbocycles. The zero-order valence-corrected chi connectivity index (χ0v) is 15.7. The Bertz CT molecular complexity index is 1020. The number of hydrogen-bond donors (Lipinski definition) is 1. The minimum absolute atomic E-state index is 0.324. The molecule has 1 fully saturated rings. The maximum absolute atomic E-state index is 12.2. The molecule has 2 heterocycles. The van der Waals surface area contributed by atoms with E-state index in [2.05, 4.69) is 29.3 Å². The molecule has 0 radical (unpaired) electrons. The van der Waals surface area contributed by atoms with E-state index in [0.29, 0.717) is 12.2 Å². The van der Waals surface area contributed by atoms with Gasteiger partial charge in [-0.1, -0.05) is 29.8 Å². The molecule has 1 N–H and O–H groups in total. The molecule has 1 aliphatic heterocycles. The zero-order chi connectivity index (χ0) is 18.8. The standard InChI is InChI=1S/C22H24N2O3/c1-15-4-3-5-17(12-15)14-26-20-7-6-18-19(24-10-8-23-9-11-24)13-21(25)27-22(18)16(20)2/h3-7,12-13,23H,8-11,14H2,1-2H3. The van der Waals surface area contributed by atoms with Gasteiger partial charge < -0.3 is 19.4 Å². The molecule has 0 atom stereocenters. The molecule has 140 valence electrons. The summed E-state index contributed by atoms with van der Waals surface area (Å²) in [5, 5.41) is 4.30. The molecule has 0 unspecified atom stereocenters. The third-order valence-electron chi connectivity index (χ3n) is 5.02. The Balaban J connectivity index is 1.68. The van der Waals surface area contributed by atoms with Crippen molar-refractivity contribution in [2.45, 2.75) is 20.5 Å². The molecule has 0 bridgehead atoms. The summed E-state index contributed by atoms with van der Waals surface area (Å²) in [6, 6.07) is 13.8. The van der Waals surface area contributed by atoms with Crippen molar-refractivity contribution in [3.63, 3.8) is 0 Å². The number of rotatable bonds is 4. The lowest BCUT2D eigenvalue weighted by Crippen LogP contribution is -2.43. The fourth-order valence-electron chi connectivity index (χ4n) is 3.61. The van der Waals surface area contributed by atoms with Crippen LogP contribution in [0.3, 0.4) is 0 Å². The molecule has 5 heteroatoms. The second-order valence-corrected chi connectivity index (χ2v) is 7.03. The monoisotopic (exact) mass is 364 g/mol. The molecule has 1 saturated heterocycles. The fourth-order valence-corrected chi connectivity index (χ4v) is 3.61. The number of nitrogens with zero attached hydrogens (tertiary/aromatic N) is 1. The lowest BCUT2D eigenvalue weighted by atomic mass is 10.1. The average Bonchev–Trinajstić information content (AvgIpc) is 2.68. The molecule has 0 amide bonds. The number of hydrogen-bond acceptors (Lipinski definition) is 5. The molecule has 1 aromatic heterocycles. The summed E-state index contributed by atoms with van der Waals surface area (Å²) in [5.74, 6) is 0.740. The van der Waals surface area contributed by atoms with Gasteiger partial charge in [0.25, 0.3) is 0 Å². The van der Waals surface area contributed by atoms with Crippen molar-refractivity contribution in [3.8, 4) is 5.75 Å². The van der Waals surface area contributed by atoms with Crippen molar-refractivity contribution >= 4 is 16.7 Å². The van der Waals surface area contributed by atoms with Gasteiger partial charge in [0.05, 0.1) is 5.69 Å². The lowest BCUT2D eigenvalue weighted by molar-refractivity contribution is 0.304. The molecular formula is C22H24N2O3. The van der Waals surface area contributed by atoms with Crippen molar-refractivity contribution in [2.75, 3.05) is 31.1 Å². The van der Waals surface area contributed by atoms with Gasteiger partial charge in [0.2, 0.25) is 0 Å². The van der Waals surface area contributed by atoms with Crippen LogP contribution in [0.4, 0.5) is 5.69 Å². The molecule has 27 heavy (non-hydrogen) atoms. The van der Waals surface area contributed by atoms with E-state index in [-0.39, 0.29) is 5.63 Å². The minimum atomic E-state index is -0.324. The van der Waals surface area contributed by atoms with Crippen LogP contribution < -0.4 is 20.6 Å². The molecule has 1 aliphatic rings. The van der Waals surface area contributed by atoms with Crippen molar-refractivity contribution in [2.24, 2.45) is 0 Å². The molecule has 2 aromatic carbocycles. The predicted octanol–water partition coefficient (Wildman–Crippen LogP) is 3.40. The van der Waals surface area contributed by atoms with Crippen molar-refractivity contribution < 1.29 is 9.15 Å². The van der Waals surface area contributed by atoms with Gasteiger partial charge >= 0.3 is 5.63 Å². The summed E-state index contributed by atoms with van der Waals surface area (Å²) in [6.45, 7) is 8.08. The van der Waals surface area contributed by atoms with Gasteiger partial charge in [-0.15, -0.1) is 0 Å². The number of piperazine rings is 1. The number of nitrogens with one attached hydrogen (secondary N) is 1. The molecule has 0 spiro atoms. The fraction of sp³-hybridized carbons (Fsp3) is 0.318. The molecule has 3 aromatic rings. The first kappa shape index (κ1) is 17.6. The highest BCUT2D eigenvalue weighted by Crippen LogP contribution is 2.32. The highest BCUT2D eigenvalue weighted by atomic mass is 16.5. The van der Waals surface area contributed by atoms with E-state index in [1.165, 1.54) is 5.56 Å². The van der Waals surface area contributed by atoms with Gasteiger partial charge in [0, 0.05) is 43.2 Å². The van der Waals surface area contributed by atoms with E-state index >= 15 is 0 Å². The lowest BCUT2D eigenvalue weighted by Gasteiger charge is -2.30. The smallest absolute Gasteiger partial charge is 0.338 e. The van der Waals surface area contributed by atoms with Crippen LogP contribution in [0.25, 0.3) is 11.0 Å². The highest BCUT2D eigenvalue weighted by Gasteiger charge is 2.18. The van der Waals surface area contributed by atoms with E-state index < -0.39 is 0 Å². The quantitative estimate of drug-likeness (QED) is 0.719. The van der Waals surface area contributed by atoms with Crippen LogP contribution in [0.2, 0.25) is 0 Å². The zero-order valence-electron chi connectivity index (χ0n) is 15.7. The second kappa shape index (κ2) is 7.45. The Morgan fingerprint density at radius 1 is 1.11 bits per heavy atom. The van der Waals surface area contributed by atoms with Crippen LogP contribution in [0.5, 0.6) is 5.75 Å². The first-order chi connectivity index (χ1) is 13.1. The van der Waals surface area contributed by atoms with Gasteiger partial charge in [-0.2, -0.15) is 0 Å². The van der Waals surface area contributed by atoms with Crippen LogP contribution in [-0.2, 0) is 6.61 Å². The first-order valence-corrected chi connectivity index (χ1v) is 9.33. The molecule has 5 nitrogen and oxygen atoms in total. The Kier molecular flexibility index (Phi) is 4.86. The maximum Gasteiger partial charge on any atom is 0.338 e. The topological polar surface area (TPSA) is 54.7 Å². The molecular weight excluding hydrogens is 340 g/mol. The van der Waals surface area contributed by atoms with E-state index in [0.717, 1.165) is 54.1 Å².